The van der Waals surface area contributed by atoms with Gasteiger partial charge in [-0.05, 0) is 24.3 Å². The highest BCUT2D eigenvalue weighted by molar-refractivity contribution is 5.83. The lowest BCUT2D eigenvalue weighted by atomic mass is 10.1. The fraction of sp³-hybridized carbons (Fsp3) is 0.438. The van der Waals surface area contributed by atoms with Gasteiger partial charge in [-0.3, -0.25) is 4.79 Å². The number of aliphatic hydroxyl groups is 1. The van der Waals surface area contributed by atoms with Crippen LogP contribution in [0.4, 0.5) is 0 Å². The summed E-state index contributed by atoms with van der Waals surface area (Å²) >= 11 is 0. The van der Waals surface area contributed by atoms with Crippen LogP contribution >= 0.6 is 0 Å². The van der Waals surface area contributed by atoms with Gasteiger partial charge in [-0.1, -0.05) is 42.5 Å². The first-order valence-corrected chi connectivity index (χ1v) is 6.92. The maximum atomic E-state index is 12.1. The minimum atomic E-state index is 0.0988. The molecule has 1 saturated carbocycles. The van der Waals surface area contributed by atoms with E-state index in [1.54, 1.807) is 0 Å². The average molecular weight is 257 g/mol. The Hall–Kier alpha value is -1.61. The van der Waals surface area contributed by atoms with Gasteiger partial charge in [0.2, 0.25) is 5.91 Å². The molecule has 3 nitrogen and oxygen atoms in total. The third kappa shape index (κ3) is 2.71. The molecule has 0 radical (unpaired) electrons. The zero-order valence-electron chi connectivity index (χ0n) is 10.8. The molecule has 2 aliphatic rings. The van der Waals surface area contributed by atoms with Gasteiger partial charge < -0.3 is 10.4 Å². The van der Waals surface area contributed by atoms with Crippen molar-refractivity contribution in [3.63, 3.8) is 0 Å². The SMILES string of the molecule is O=C(N[C@@H]1C=C[C@H](CO)C1)C1CC1c1ccccc1. The van der Waals surface area contributed by atoms with Crippen LogP contribution < -0.4 is 5.32 Å². The minimum Gasteiger partial charge on any atom is -0.396 e. The number of hydrogen-bond acceptors (Lipinski definition) is 2. The Balaban J connectivity index is 1.52. The summed E-state index contributed by atoms with van der Waals surface area (Å²) in [5.74, 6) is 0.876. The van der Waals surface area contributed by atoms with Crippen LogP contribution in [0.15, 0.2) is 42.5 Å². The molecule has 100 valence electrons. The lowest BCUT2D eigenvalue weighted by Crippen LogP contribution is -2.34. The molecule has 2 N–H and O–H groups in total. The molecule has 1 fully saturated rings. The number of aliphatic hydroxyl groups excluding tert-OH is 1. The van der Waals surface area contributed by atoms with Crippen molar-refractivity contribution in [2.45, 2.75) is 24.8 Å². The largest absolute Gasteiger partial charge is 0.396 e. The Morgan fingerprint density at radius 3 is 2.68 bits per heavy atom. The van der Waals surface area contributed by atoms with E-state index in [0.717, 1.165) is 12.8 Å². The van der Waals surface area contributed by atoms with Crippen LogP contribution in [-0.2, 0) is 4.79 Å². The highest BCUT2D eigenvalue weighted by atomic mass is 16.3. The van der Waals surface area contributed by atoms with Crippen molar-refractivity contribution in [1.29, 1.82) is 0 Å². The van der Waals surface area contributed by atoms with Crippen LogP contribution in [0.1, 0.15) is 24.3 Å². The first-order chi connectivity index (χ1) is 9.28. The molecule has 1 amide bonds. The summed E-state index contributed by atoms with van der Waals surface area (Å²) < 4.78 is 0. The van der Waals surface area contributed by atoms with Crippen molar-refractivity contribution in [2.75, 3.05) is 6.61 Å². The smallest absolute Gasteiger partial charge is 0.224 e. The van der Waals surface area contributed by atoms with Crippen molar-refractivity contribution in [3.8, 4) is 0 Å². The molecule has 0 saturated heterocycles. The number of carbonyl (C=O) groups excluding carboxylic acids is 1. The molecule has 4 atom stereocenters. The Kier molecular flexibility index (Phi) is 3.38. The van der Waals surface area contributed by atoms with Crippen LogP contribution in [0.5, 0.6) is 0 Å². The van der Waals surface area contributed by atoms with Gasteiger partial charge in [0.15, 0.2) is 0 Å². The number of amides is 1. The van der Waals surface area contributed by atoms with Crippen LogP contribution in [0, 0.1) is 11.8 Å². The van der Waals surface area contributed by atoms with Crippen molar-refractivity contribution in [1.82, 2.24) is 5.32 Å². The summed E-state index contributed by atoms with van der Waals surface area (Å²) in [6.07, 6.45) is 5.77. The summed E-state index contributed by atoms with van der Waals surface area (Å²) in [5.41, 5.74) is 1.26. The fourth-order valence-electron chi connectivity index (χ4n) is 2.86. The highest BCUT2D eigenvalue weighted by Gasteiger charge is 2.44. The van der Waals surface area contributed by atoms with E-state index >= 15 is 0 Å². The lowest BCUT2D eigenvalue weighted by molar-refractivity contribution is -0.122. The van der Waals surface area contributed by atoms with E-state index in [2.05, 4.69) is 17.4 Å². The van der Waals surface area contributed by atoms with Gasteiger partial charge in [-0.15, -0.1) is 0 Å². The molecule has 1 aromatic rings. The van der Waals surface area contributed by atoms with Gasteiger partial charge in [0.05, 0.1) is 0 Å². The molecule has 3 heteroatoms. The van der Waals surface area contributed by atoms with Gasteiger partial charge in [0, 0.05) is 24.5 Å². The second-order valence-electron chi connectivity index (χ2n) is 5.54. The maximum absolute atomic E-state index is 12.1. The first kappa shape index (κ1) is 12.4. The molecule has 0 aliphatic heterocycles. The van der Waals surface area contributed by atoms with Gasteiger partial charge in [-0.2, -0.15) is 0 Å². The molecule has 1 aromatic carbocycles. The summed E-state index contributed by atoms with van der Waals surface area (Å²) in [7, 11) is 0. The number of carbonyl (C=O) groups is 1. The second-order valence-corrected chi connectivity index (χ2v) is 5.54. The number of hydrogen-bond donors (Lipinski definition) is 2. The molecule has 3 rings (SSSR count). The summed E-state index contributed by atoms with van der Waals surface area (Å²) in [6, 6.07) is 10.3. The van der Waals surface area contributed by atoms with E-state index < -0.39 is 0 Å². The third-order valence-corrected chi connectivity index (χ3v) is 4.09. The first-order valence-electron chi connectivity index (χ1n) is 6.92. The van der Waals surface area contributed by atoms with Crippen LogP contribution in [0.25, 0.3) is 0 Å². The number of nitrogens with one attached hydrogen (secondary N) is 1. The predicted molar refractivity (Wildman–Crippen MR) is 73.6 cm³/mol. The van der Waals surface area contributed by atoms with Crippen LogP contribution in [0.2, 0.25) is 0 Å². The zero-order chi connectivity index (χ0) is 13.2. The Morgan fingerprint density at radius 1 is 1.21 bits per heavy atom. The maximum Gasteiger partial charge on any atom is 0.224 e. The molecule has 0 spiro atoms. The normalized spacial score (nSPS) is 32.3. The van der Waals surface area contributed by atoms with E-state index in [-0.39, 0.29) is 30.4 Å². The number of rotatable bonds is 4. The lowest BCUT2D eigenvalue weighted by Gasteiger charge is -2.12. The van der Waals surface area contributed by atoms with Gasteiger partial charge in [-0.25, -0.2) is 0 Å². The van der Waals surface area contributed by atoms with Crippen molar-refractivity contribution < 1.29 is 9.90 Å². The minimum absolute atomic E-state index is 0.0988. The fourth-order valence-corrected chi connectivity index (χ4v) is 2.86. The Morgan fingerprint density at radius 2 is 2.00 bits per heavy atom. The topological polar surface area (TPSA) is 49.3 Å². The zero-order valence-corrected chi connectivity index (χ0v) is 10.8. The van der Waals surface area contributed by atoms with E-state index in [1.807, 2.05) is 30.4 Å². The third-order valence-electron chi connectivity index (χ3n) is 4.09. The van der Waals surface area contributed by atoms with Gasteiger partial charge in [0.1, 0.15) is 0 Å². The van der Waals surface area contributed by atoms with E-state index in [0.29, 0.717) is 5.92 Å². The molecule has 0 heterocycles. The van der Waals surface area contributed by atoms with E-state index in [9.17, 15) is 4.79 Å². The van der Waals surface area contributed by atoms with E-state index in [1.165, 1.54) is 5.56 Å². The predicted octanol–water partition coefficient (Wildman–Crippen LogP) is 1.84. The molecule has 0 aromatic heterocycles. The molecular formula is C16H19NO2. The standard InChI is InChI=1S/C16H19NO2/c18-10-11-6-7-13(8-11)17-16(19)15-9-14(15)12-4-2-1-3-5-12/h1-7,11,13-15,18H,8-10H2,(H,17,19)/t11-,13+,14?,15?/m0/s1. The summed E-state index contributed by atoms with van der Waals surface area (Å²) in [6.45, 7) is 0.166. The van der Waals surface area contributed by atoms with Gasteiger partial charge in [0.25, 0.3) is 0 Å². The summed E-state index contributed by atoms with van der Waals surface area (Å²) in [5, 5.41) is 12.1. The molecule has 2 unspecified atom stereocenters. The number of benzene rings is 1. The monoisotopic (exact) mass is 257 g/mol. The molecule has 2 aliphatic carbocycles. The Labute approximate surface area is 113 Å². The second kappa shape index (κ2) is 5.17. The molecule has 0 bridgehead atoms. The quantitative estimate of drug-likeness (QED) is 0.809. The van der Waals surface area contributed by atoms with Crippen LogP contribution in [-0.4, -0.2) is 23.7 Å². The van der Waals surface area contributed by atoms with Gasteiger partial charge >= 0.3 is 0 Å². The Bertz CT molecular complexity index is 483. The molecule has 19 heavy (non-hydrogen) atoms. The van der Waals surface area contributed by atoms with Crippen molar-refractivity contribution in [2.24, 2.45) is 11.8 Å². The highest BCUT2D eigenvalue weighted by Crippen LogP contribution is 2.47. The van der Waals surface area contributed by atoms with Crippen molar-refractivity contribution in [3.05, 3.63) is 48.0 Å². The molecular weight excluding hydrogens is 238 g/mol. The van der Waals surface area contributed by atoms with Crippen molar-refractivity contribution >= 4 is 5.91 Å². The van der Waals surface area contributed by atoms with E-state index in [4.69, 9.17) is 5.11 Å². The summed E-state index contributed by atoms with van der Waals surface area (Å²) in [4.78, 5) is 12.1. The van der Waals surface area contributed by atoms with Crippen LogP contribution in [0.3, 0.4) is 0 Å². The average Bonchev–Trinajstić information content (AvgIpc) is 3.13.